The molecule has 0 saturated carbocycles. The SMILES string of the molecule is COc1ccc(Cn2c(Cl)nc3c2c(=O)n(C)c(=O)n3C)cc1F. The molecule has 3 rings (SSSR count). The molecule has 0 unspecified atom stereocenters. The number of benzene rings is 1. The van der Waals surface area contributed by atoms with Gasteiger partial charge in [0.25, 0.3) is 5.56 Å². The van der Waals surface area contributed by atoms with Gasteiger partial charge in [-0.25, -0.2) is 9.18 Å². The fraction of sp³-hybridized carbons (Fsp3) is 0.267. The lowest BCUT2D eigenvalue weighted by Gasteiger charge is -2.09. The molecular weight excluding hydrogens is 339 g/mol. The summed E-state index contributed by atoms with van der Waals surface area (Å²) in [5.74, 6) is -0.394. The van der Waals surface area contributed by atoms with Crippen LogP contribution in [0, 0.1) is 5.82 Å². The molecule has 0 bridgehead atoms. The normalized spacial score (nSPS) is 11.2. The number of hydrogen-bond donors (Lipinski definition) is 0. The Balaban J connectivity index is 2.20. The Hall–Kier alpha value is -2.61. The Kier molecular flexibility index (Phi) is 3.92. The highest BCUT2D eigenvalue weighted by Crippen LogP contribution is 2.21. The van der Waals surface area contributed by atoms with Gasteiger partial charge in [0.1, 0.15) is 0 Å². The van der Waals surface area contributed by atoms with Crippen molar-refractivity contribution in [1.82, 2.24) is 18.7 Å². The third-order valence-electron chi connectivity index (χ3n) is 3.86. The molecule has 0 atom stereocenters. The number of imidazole rings is 1. The van der Waals surface area contributed by atoms with Crippen LogP contribution in [0.15, 0.2) is 27.8 Å². The Labute approximate surface area is 140 Å². The predicted molar refractivity (Wildman–Crippen MR) is 87.3 cm³/mol. The number of fused-ring (bicyclic) bond motifs is 1. The van der Waals surface area contributed by atoms with Crippen LogP contribution in [0.5, 0.6) is 5.75 Å². The van der Waals surface area contributed by atoms with E-state index >= 15 is 0 Å². The summed E-state index contributed by atoms with van der Waals surface area (Å²) in [6.45, 7) is 0.129. The second kappa shape index (κ2) is 5.79. The lowest BCUT2D eigenvalue weighted by Crippen LogP contribution is -2.37. The van der Waals surface area contributed by atoms with E-state index in [1.165, 1.54) is 42.5 Å². The highest BCUT2D eigenvalue weighted by Gasteiger charge is 2.18. The molecule has 0 radical (unpaired) electrons. The van der Waals surface area contributed by atoms with E-state index in [0.717, 1.165) is 4.57 Å². The summed E-state index contributed by atoms with van der Waals surface area (Å²) in [5.41, 5.74) is -0.0703. The standard InChI is InChI=1S/C15H14ClFN4O3/c1-19-12-11(13(22)20(2)15(19)23)21(14(16)18-12)7-8-4-5-10(24-3)9(17)6-8/h4-6H,7H2,1-3H3. The molecule has 2 aromatic heterocycles. The molecule has 0 spiro atoms. The van der Waals surface area contributed by atoms with Gasteiger partial charge in [-0.15, -0.1) is 0 Å². The molecule has 0 fully saturated rings. The van der Waals surface area contributed by atoms with Crippen LogP contribution < -0.4 is 16.0 Å². The third kappa shape index (κ3) is 2.39. The van der Waals surface area contributed by atoms with Crippen molar-refractivity contribution in [1.29, 1.82) is 0 Å². The molecule has 1 aromatic carbocycles. The van der Waals surface area contributed by atoms with Crippen LogP contribution in [0.4, 0.5) is 4.39 Å². The van der Waals surface area contributed by atoms with E-state index in [-0.39, 0.29) is 28.7 Å². The van der Waals surface area contributed by atoms with Gasteiger partial charge >= 0.3 is 5.69 Å². The quantitative estimate of drug-likeness (QED) is 0.666. The summed E-state index contributed by atoms with van der Waals surface area (Å²) in [4.78, 5) is 28.5. The minimum atomic E-state index is -0.518. The van der Waals surface area contributed by atoms with Crippen molar-refractivity contribution in [3.05, 3.63) is 55.7 Å². The van der Waals surface area contributed by atoms with E-state index in [9.17, 15) is 14.0 Å². The van der Waals surface area contributed by atoms with Crippen LogP contribution in [-0.4, -0.2) is 25.8 Å². The fourth-order valence-electron chi connectivity index (χ4n) is 2.56. The van der Waals surface area contributed by atoms with Crippen LogP contribution in [-0.2, 0) is 20.6 Å². The van der Waals surface area contributed by atoms with Gasteiger partial charge in [-0.3, -0.25) is 13.9 Å². The number of aryl methyl sites for hydroxylation is 1. The van der Waals surface area contributed by atoms with Crippen molar-refractivity contribution in [3.8, 4) is 5.75 Å². The Morgan fingerprint density at radius 2 is 1.96 bits per heavy atom. The Morgan fingerprint density at radius 1 is 1.25 bits per heavy atom. The molecule has 0 aliphatic heterocycles. The van der Waals surface area contributed by atoms with Crippen LogP contribution in [0.2, 0.25) is 5.28 Å². The minimum Gasteiger partial charge on any atom is -0.494 e. The monoisotopic (exact) mass is 352 g/mol. The molecule has 0 saturated heterocycles. The van der Waals surface area contributed by atoms with Crippen molar-refractivity contribution in [2.75, 3.05) is 7.11 Å². The van der Waals surface area contributed by atoms with Crippen molar-refractivity contribution in [2.45, 2.75) is 6.54 Å². The largest absolute Gasteiger partial charge is 0.494 e. The Morgan fingerprint density at radius 3 is 2.58 bits per heavy atom. The van der Waals surface area contributed by atoms with Crippen molar-refractivity contribution >= 4 is 22.8 Å². The van der Waals surface area contributed by atoms with Crippen LogP contribution in [0.3, 0.4) is 0 Å². The molecule has 7 nitrogen and oxygen atoms in total. The van der Waals surface area contributed by atoms with E-state index in [1.54, 1.807) is 6.07 Å². The van der Waals surface area contributed by atoms with Gasteiger partial charge in [0.15, 0.2) is 22.7 Å². The van der Waals surface area contributed by atoms with Crippen molar-refractivity contribution < 1.29 is 9.13 Å². The van der Waals surface area contributed by atoms with Gasteiger partial charge in [-0.1, -0.05) is 6.07 Å². The number of methoxy groups -OCH3 is 1. The summed E-state index contributed by atoms with van der Waals surface area (Å²) in [6, 6.07) is 4.45. The average molecular weight is 353 g/mol. The molecule has 0 aliphatic carbocycles. The highest BCUT2D eigenvalue weighted by atomic mass is 35.5. The van der Waals surface area contributed by atoms with E-state index in [2.05, 4.69) is 4.98 Å². The van der Waals surface area contributed by atoms with Gasteiger partial charge in [0.05, 0.1) is 13.7 Å². The molecule has 9 heteroatoms. The lowest BCUT2D eigenvalue weighted by atomic mass is 10.2. The zero-order valence-electron chi connectivity index (χ0n) is 13.2. The molecule has 0 aliphatic rings. The second-order valence-corrected chi connectivity index (χ2v) is 5.65. The first-order valence-corrected chi connectivity index (χ1v) is 7.37. The summed E-state index contributed by atoms with van der Waals surface area (Å²) < 4.78 is 22.4. The smallest absolute Gasteiger partial charge is 0.332 e. The van der Waals surface area contributed by atoms with Crippen LogP contribution in [0.1, 0.15) is 5.56 Å². The first-order valence-electron chi connectivity index (χ1n) is 6.99. The fourth-order valence-corrected chi connectivity index (χ4v) is 2.78. The second-order valence-electron chi connectivity index (χ2n) is 5.31. The van der Waals surface area contributed by atoms with Gasteiger partial charge in [-0.05, 0) is 29.3 Å². The number of nitrogens with zero attached hydrogens (tertiary/aromatic N) is 4. The van der Waals surface area contributed by atoms with E-state index < -0.39 is 17.1 Å². The van der Waals surface area contributed by atoms with E-state index in [0.29, 0.717) is 5.56 Å². The number of aromatic nitrogens is 4. The highest BCUT2D eigenvalue weighted by molar-refractivity contribution is 6.29. The van der Waals surface area contributed by atoms with Crippen LogP contribution in [0.25, 0.3) is 11.2 Å². The molecule has 24 heavy (non-hydrogen) atoms. The van der Waals surface area contributed by atoms with E-state index in [1.807, 2.05) is 0 Å². The number of ether oxygens (including phenoxy) is 1. The molecule has 2 heterocycles. The zero-order chi connectivity index (χ0) is 17.6. The maximum absolute atomic E-state index is 13.9. The minimum absolute atomic E-state index is 0.0412. The van der Waals surface area contributed by atoms with Gasteiger partial charge < -0.3 is 9.30 Å². The Bertz CT molecular complexity index is 1070. The van der Waals surface area contributed by atoms with E-state index in [4.69, 9.17) is 16.3 Å². The zero-order valence-corrected chi connectivity index (χ0v) is 14.0. The molecule has 3 aromatic rings. The predicted octanol–water partition coefficient (Wildman–Crippen LogP) is 1.28. The first-order chi connectivity index (χ1) is 11.3. The van der Waals surface area contributed by atoms with Crippen molar-refractivity contribution in [2.24, 2.45) is 14.1 Å². The average Bonchev–Trinajstić information content (AvgIpc) is 2.88. The number of rotatable bonds is 3. The maximum atomic E-state index is 13.9. The van der Waals surface area contributed by atoms with Crippen LogP contribution >= 0.6 is 11.6 Å². The summed E-state index contributed by atoms with van der Waals surface area (Å²) >= 11 is 6.13. The molecule has 0 amide bonds. The third-order valence-corrected chi connectivity index (χ3v) is 4.15. The molecule has 126 valence electrons. The maximum Gasteiger partial charge on any atom is 0.332 e. The molecular formula is C15H14ClFN4O3. The van der Waals surface area contributed by atoms with Gasteiger partial charge in [-0.2, -0.15) is 4.98 Å². The number of hydrogen-bond acceptors (Lipinski definition) is 4. The summed E-state index contributed by atoms with van der Waals surface area (Å²) in [7, 11) is 4.26. The van der Waals surface area contributed by atoms with Crippen molar-refractivity contribution in [3.63, 3.8) is 0 Å². The lowest BCUT2D eigenvalue weighted by molar-refractivity contribution is 0.386. The summed E-state index contributed by atoms with van der Waals surface area (Å²) in [5, 5.41) is 0.0412. The number of halogens is 2. The molecule has 0 N–H and O–H groups in total. The van der Waals surface area contributed by atoms with Gasteiger partial charge in [0.2, 0.25) is 5.28 Å². The van der Waals surface area contributed by atoms with Gasteiger partial charge in [0, 0.05) is 14.1 Å². The summed E-state index contributed by atoms with van der Waals surface area (Å²) in [6.07, 6.45) is 0. The first kappa shape index (κ1) is 16.3. The topological polar surface area (TPSA) is 71.1 Å².